The Hall–Kier alpha value is -1.60. The smallest absolute Gasteiger partial charge is 0.481 e. The van der Waals surface area contributed by atoms with Crippen LogP contribution in [0, 0.1) is 0 Å². The monoisotopic (exact) mass is 389 g/mol. The fraction of sp³-hybridized carbons (Fsp3) is 0.714. The maximum absolute atomic E-state index is 6.22. The van der Waals surface area contributed by atoms with Crippen molar-refractivity contribution in [2.24, 2.45) is 9.98 Å². The minimum absolute atomic E-state index is 0.350. The summed E-state index contributed by atoms with van der Waals surface area (Å²) < 4.78 is 18.1. The number of rotatable bonds is 7. The minimum Gasteiger partial charge on any atom is -0.481 e. The zero-order valence-corrected chi connectivity index (χ0v) is 18.6. The van der Waals surface area contributed by atoms with Gasteiger partial charge in [-0.1, -0.05) is 26.8 Å². The Morgan fingerprint density at radius 3 is 2.43 bits per heavy atom. The highest BCUT2D eigenvalue weighted by Gasteiger charge is 2.52. The summed E-state index contributed by atoms with van der Waals surface area (Å²) in [5.41, 5.74) is 1.34. The highest BCUT2D eigenvalue weighted by Crippen LogP contribution is 2.39. The molecule has 1 N–H and O–H groups in total. The summed E-state index contributed by atoms with van der Waals surface area (Å²) in [7, 11) is -0.350. The second-order valence-electron chi connectivity index (χ2n) is 8.16. The largest absolute Gasteiger partial charge is 0.490 e. The lowest BCUT2D eigenvalue weighted by Gasteiger charge is -2.32. The first-order valence-corrected chi connectivity index (χ1v) is 10.5. The molecule has 0 atom stereocenters. The average Bonchev–Trinajstić information content (AvgIpc) is 2.85. The van der Waals surface area contributed by atoms with Gasteiger partial charge in [-0.05, 0) is 58.5 Å². The Labute approximate surface area is 170 Å². The lowest BCUT2D eigenvalue weighted by molar-refractivity contribution is 0.00578. The van der Waals surface area contributed by atoms with Gasteiger partial charge in [-0.15, -0.1) is 0 Å². The van der Waals surface area contributed by atoms with Crippen LogP contribution in [0.5, 0.6) is 0 Å². The second kappa shape index (κ2) is 9.74. The van der Waals surface area contributed by atoms with Crippen molar-refractivity contribution in [2.75, 3.05) is 13.2 Å². The summed E-state index contributed by atoms with van der Waals surface area (Å²) >= 11 is 0. The zero-order valence-electron chi connectivity index (χ0n) is 18.6. The van der Waals surface area contributed by atoms with Crippen molar-refractivity contribution in [3.8, 4) is 0 Å². The van der Waals surface area contributed by atoms with Crippen LogP contribution in [-0.2, 0) is 14.0 Å². The van der Waals surface area contributed by atoms with Crippen LogP contribution in [0.3, 0.4) is 0 Å². The molecule has 0 spiro atoms. The lowest BCUT2D eigenvalue weighted by Crippen LogP contribution is -2.41. The third-order valence-corrected chi connectivity index (χ3v) is 5.28. The van der Waals surface area contributed by atoms with Crippen molar-refractivity contribution in [2.45, 2.75) is 85.4 Å². The van der Waals surface area contributed by atoms with Crippen molar-refractivity contribution in [3.63, 3.8) is 0 Å². The molecule has 2 rings (SSSR count). The normalized spacial score (nSPS) is 22.0. The van der Waals surface area contributed by atoms with Crippen LogP contribution in [0.1, 0.15) is 74.1 Å². The summed E-state index contributed by atoms with van der Waals surface area (Å²) in [5.74, 6) is 1.35. The van der Waals surface area contributed by atoms with Crippen molar-refractivity contribution in [1.82, 2.24) is 5.32 Å². The van der Waals surface area contributed by atoms with Crippen molar-refractivity contribution >= 4 is 19.0 Å². The zero-order chi connectivity index (χ0) is 20.8. The van der Waals surface area contributed by atoms with Gasteiger partial charge in [0.15, 0.2) is 5.90 Å². The summed E-state index contributed by atoms with van der Waals surface area (Å²) in [6, 6.07) is 0. The predicted molar refractivity (Wildman–Crippen MR) is 117 cm³/mol. The van der Waals surface area contributed by atoms with Crippen LogP contribution in [0.2, 0.25) is 0 Å². The number of nitrogens with one attached hydrogen (secondary N) is 1. The Balaban J connectivity index is 2.16. The molecule has 156 valence electrons. The molecule has 7 heteroatoms. The van der Waals surface area contributed by atoms with E-state index in [4.69, 9.17) is 14.0 Å². The van der Waals surface area contributed by atoms with Crippen LogP contribution in [0.25, 0.3) is 0 Å². The maximum atomic E-state index is 6.22. The Morgan fingerprint density at radius 2 is 1.86 bits per heavy atom. The van der Waals surface area contributed by atoms with Crippen molar-refractivity contribution < 1.29 is 14.0 Å². The third-order valence-electron chi connectivity index (χ3n) is 5.28. The molecule has 6 nitrogen and oxygen atoms in total. The number of nitrogens with zero attached hydrogens (tertiary/aromatic N) is 2. The number of hydrogen-bond donors (Lipinski definition) is 1. The second-order valence-corrected chi connectivity index (χ2v) is 8.16. The van der Waals surface area contributed by atoms with E-state index in [1.807, 2.05) is 0 Å². The van der Waals surface area contributed by atoms with E-state index in [0.717, 1.165) is 42.8 Å². The highest BCUT2D eigenvalue weighted by molar-refractivity contribution is 6.54. The molecule has 0 aromatic rings. The first-order chi connectivity index (χ1) is 13.2. The molecule has 2 aliphatic heterocycles. The standard InChI is InChI=1S/C21H36BN3O3/c1-8-11-17(24-19-23-13-12-18(25-19)26-14-9-2)15-16(10-3)22-27-20(4,5)21(6,7)28-22/h11,15H,8-10,12-14H2,1-7H3,(H,23,24)/b16-15+,17-11+. The van der Waals surface area contributed by atoms with Crippen LogP contribution in [-0.4, -0.2) is 43.3 Å². The van der Waals surface area contributed by atoms with E-state index in [0.29, 0.717) is 19.1 Å². The highest BCUT2D eigenvalue weighted by atomic mass is 16.7. The molecule has 0 unspecified atom stereocenters. The van der Waals surface area contributed by atoms with E-state index in [9.17, 15) is 0 Å². The van der Waals surface area contributed by atoms with Crippen LogP contribution in [0.4, 0.5) is 0 Å². The fourth-order valence-electron chi connectivity index (χ4n) is 2.88. The average molecular weight is 389 g/mol. The Kier molecular flexibility index (Phi) is 7.90. The van der Waals surface area contributed by atoms with Gasteiger partial charge < -0.3 is 19.4 Å². The van der Waals surface area contributed by atoms with E-state index < -0.39 is 0 Å². The van der Waals surface area contributed by atoms with Gasteiger partial charge in [0, 0.05) is 12.1 Å². The molecule has 28 heavy (non-hydrogen) atoms. The molecular weight excluding hydrogens is 353 g/mol. The number of guanidine groups is 1. The fourth-order valence-corrected chi connectivity index (χ4v) is 2.88. The van der Waals surface area contributed by atoms with E-state index in [1.54, 1.807) is 0 Å². The number of hydrogen-bond acceptors (Lipinski definition) is 6. The summed E-state index contributed by atoms with van der Waals surface area (Å²) in [6.45, 7) is 16.0. The quantitative estimate of drug-likeness (QED) is 0.517. The van der Waals surface area contributed by atoms with Crippen LogP contribution < -0.4 is 5.32 Å². The van der Waals surface area contributed by atoms with Crippen molar-refractivity contribution in [3.05, 3.63) is 23.3 Å². The molecular formula is C21H36BN3O3. The molecule has 0 aliphatic carbocycles. The summed E-state index contributed by atoms with van der Waals surface area (Å²) in [4.78, 5) is 9.01. The summed E-state index contributed by atoms with van der Waals surface area (Å²) in [6.07, 6.45) is 7.68. The Bertz CT molecular complexity index is 650. The first kappa shape index (κ1) is 22.7. The van der Waals surface area contributed by atoms with Gasteiger partial charge in [0.25, 0.3) is 0 Å². The molecule has 2 aliphatic rings. The van der Waals surface area contributed by atoms with Gasteiger partial charge in [-0.3, -0.25) is 4.99 Å². The SMILES string of the molecule is CC/C=C(\C=C(/CC)B1OC(C)(C)C(C)(C)O1)NC1=NCCC(OCCC)=N1. The molecule has 1 saturated heterocycles. The van der Waals surface area contributed by atoms with E-state index in [-0.39, 0.29) is 18.3 Å². The maximum Gasteiger partial charge on any atom is 0.490 e. The minimum atomic E-state index is -0.350. The first-order valence-electron chi connectivity index (χ1n) is 10.5. The topological polar surface area (TPSA) is 64.4 Å². The van der Waals surface area contributed by atoms with Gasteiger partial charge in [0.2, 0.25) is 5.96 Å². The molecule has 2 heterocycles. The lowest BCUT2D eigenvalue weighted by atomic mass is 9.76. The van der Waals surface area contributed by atoms with Gasteiger partial charge in [0.1, 0.15) is 0 Å². The molecule has 0 aromatic heterocycles. The van der Waals surface area contributed by atoms with Crippen LogP contribution in [0.15, 0.2) is 33.3 Å². The Morgan fingerprint density at radius 1 is 1.18 bits per heavy atom. The van der Waals surface area contributed by atoms with Crippen LogP contribution >= 0.6 is 0 Å². The molecule has 1 fully saturated rings. The van der Waals surface area contributed by atoms with E-state index in [1.165, 1.54) is 0 Å². The van der Waals surface area contributed by atoms with Gasteiger partial charge in [-0.2, -0.15) is 4.99 Å². The van der Waals surface area contributed by atoms with Gasteiger partial charge in [0.05, 0.1) is 24.4 Å². The third kappa shape index (κ3) is 5.71. The molecule has 0 bridgehead atoms. The number of allylic oxidation sites excluding steroid dienone is 3. The summed E-state index contributed by atoms with van der Waals surface area (Å²) in [5, 5.41) is 3.35. The molecule has 0 amide bonds. The molecule has 0 radical (unpaired) electrons. The van der Waals surface area contributed by atoms with E-state index >= 15 is 0 Å². The van der Waals surface area contributed by atoms with E-state index in [2.05, 4.69) is 75.9 Å². The number of ether oxygens (including phenoxy) is 1. The van der Waals surface area contributed by atoms with Crippen molar-refractivity contribution in [1.29, 1.82) is 0 Å². The van der Waals surface area contributed by atoms with Gasteiger partial charge >= 0.3 is 7.12 Å². The molecule has 0 aromatic carbocycles. The predicted octanol–water partition coefficient (Wildman–Crippen LogP) is 4.42. The number of aliphatic imine (C=N–C) groups is 2. The van der Waals surface area contributed by atoms with Gasteiger partial charge in [-0.25, -0.2) is 0 Å². The molecule has 0 saturated carbocycles.